The third-order valence-electron chi connectivity index (χ3n) is 2.58. The molecular weight excluding hydrogens is 283 g/mol. The van der Waals surface area contributed by atoms with E-state index in [2.05, 4.69) is 0 Å². The molecular formula is C13H11FN2O3S. The molecule has 0 aliphatic carbocycles. The Morgan fingerprint density at radius 1 is 1.30 bits per heavy atom. The summed E-state index contributed by atoms with van der Waals surface area (Å²) < 4.78 is 18.6. The Labute approximate surface area is 118 Å². The topological polar surface area (TPSA) is 95.4 Å². The molecule has 104 valence electrons. The number of hydrogen-bond donors (Lipinski definition) is 2. The highest BCUT2D eigenvalue weighted by Gasteiger charge is 2.14. The van der Waals surface area contributed by atoms with Gasteiger partial charge in [0.2, 0.25) is 5.91 Å². The standard InChI is InChI=1S/C13H11FN2O3S/c14-9-5-7(12(16)17)1-2-8(9)6-19-13(18)11-10(15)3-4-20-11/h1-5H,6,15H2,(H2,16,17). The fourth-order valence-corrected chi connectivity index (χ4v) is 2.22. The number of ether oxygens (including phenoxy) is 1. The first-order valence-corrected chi connectivity index (χ1v) is 6.45. The van der Waals surface area contributed by atoms with Crippen molar-refractivity contribution in [1.82, 2.24) is 0 Å². The van der Waals surface area contributed by atoms with Crippen LogP contribution in [0, 0.1) is 5.82 Å². The van der Waals surface area contributed by atoms with Gasteiger partial charge in [0.1, 0.15) is 17.3 Å². The SMILES string of the molecule is NC(=O)c1ccc(COC(=O)c2sccc2N)c(F)c1. The summed E-state index contributed by atoms with van der Waals surface area (Å²) in [5.41, 5.74) is 11.1. The summed E-state index contributed by atoms with van der Waals surface area (Å²) >= 11 is 1.15. The Bertz CT molecular complexity index is 669. The second kappa shape index (κ2) is 5.70. The number of nitrogen functional groups attached to an aromatic ring is 1. The Morgan fingerprint density at radius 3 is 2.60 bits per heavy atom. The van der Waals surface area contributed by atoms with Crippen molar-refractivity contribution in [2.45, 2.75) is 6.61 Å². The smallest absolute Gasteiger partial charge is 0.350 e. The molecule has 20 heavy (non-hydrogen) atoms. The molecule has 0 unspecified atom stereocenters. The number of amides is 1. The van der Waals surface area contributed by atoms with Gasteiger partial charge in [0.25, 0.3) is 0 Å². The van der Waals surface area contributed by atoms with E-state index in [1.54, 1.807) is 11.4 Å². The highest BCUT2D eigenvalue weighted by atomic mass is 32.1. The fourth-order valence-electron chi connectivity index (χ4n) is 1.51. The van der Waals surface area contributed by atoms with Crippen LogP contribution in [0.1, 0.15) is 25.6 Å². The summed E-state index contributed by atoms with van der Waals surface area (Å²) in [5.74, 6) is -2.00. The molecule has 2 aromatic rings. The van der Waals surface area contributed by atoms with Gasteiger partial charge in [-0.15, -0.1) is 11.3 Å². The lowest BCUT2D eigenvalue weighted by Gasteiger charge is -2.06. The minimum absolute atomic E-state index is 0.0556. The minimum atomic E-state index is -0.723. The summed E-state index contributed by atoms with van der Waals surface area (Å²) in [6, 6.07) is 5.31. The van der Waals surface area contributed by atoms with E-state index in [0.29, 0.717) is 5.69 Å². The van der Waals surface area contributed by atoms with Gasteiger partial charge in [-0.3, -0.25) is 4.79 Å². The van der Waals surface area contributed by atoms with E-state index in [9.17, 15) is 14.0 Å². The first-order chi connectivity index (χ1) is 9.49. The third-order valence-corrected chi connectivity index (χ3v) is 3.49. The molecule has 0 saturated carbocycles. The molecule has 0 spiro atoms. The number of esters is 1. The minimum Gasteiger partial charge on any atom is -0.456 e. The van der Waals surface area contributed by atoms with Crippen LogP contribution in [-0.4, -0.2) is 11.9 Å². The predicted octanol–water partition coefficient (Wildman–Crippen LogP) is 1.93. The number of benzene rings is 1. The normalized spacial score (nSPS) is 10.2. The van der Waals surface area contributed by atoms with Crippen molar-refractivity contribution in [3.63, 3.8) is 0 Å². The number of nitrogens with two attached hydrogens (primary N) is 2. The van der Waals surface area contributed by atoms with Crippen molar-refractivity contribution in [3.05, 3.63) is 51.5 Å². The molecule has 1 heterocycles. The third kappa shape index (κ3) is 2.94. The van der Waals surface area contributed by atoms with Crippen molar-refractivity contribution in [2.75, 3.05) is 5.73 Å². The number of carbonyl (C=O) groups is 2. The summed E-state index contributed by atoms with van der Waals surface area (Å²) in [5, 5.41) is 1.66. The van der Waals surface area contributed by atoms with Gasteiger partial charge in [-0.1, -0.05) is 6.07 Å². The van der Waals surface area contributed by atoms with Gasteiger partial charge in [0.05, 0.1) is 5.69 Å². The summed E-state index contributed by atoms with van der Waals surface area (Å²) in [4.78, 5) is 22.9. The van der Waals surface area contributed by atoms with E-state index in [1.807, 2.05) is 0 Å². The first-order valence-electron chi connectivity index (χ1n) is 5.57. The molecule has 0 atom stereocenters. The van der Waals surface area contributed by atoms with Crippen LogP contribution in [0.4, 0.5) is 10.1 Å². The molecule has 0 saturated heterocycles. The maximum Gasteiger partial charge on any atom is 0.350 e. The van der Waals surface area contributed by atoms with Gasteiger partial charge >= 0.3 is 5.97 Å². The van der Waals surface area contributed by atoms with E-state index >= 15 is 0 Å². The van der Waals surface area contributed by atoms with Crippen LogP contribution >= 0.6 is 11.3 Å². The molecule has 0 aliphatic rings. The summed E-state index contributed by atoms with van der Waals surface area (Å²) in [6.45, 7) is -0.249. The highest BCUT2D eigenvalue weighted by molar-refractivity contribution is 7.12. The van der Waals surface area contributed by atoms with Gasteiger partial charge in [0.15, 0.2) is 0 Å². The fraction of sp³-hybridized carbons (Fsp3) is 0.0769. The van der Waals surface area contributed by atoms with Gasteiger partial charge < -0.3 is 16.2 Å². The zero-order valence-corrected chi connectivity index (χ0v) is 11.1. The summed E-state index contributed by atoms with van der Waals surface area (Å²) in [7, 11) is 0. The molecule has 0 fully saturated rings. The predicted molar refractivity (Wildman–Crippen MR) is 72.8 cm³/mol. The molecule has 0 aliphatic heterocycles. The van der Waals surface area contributed by atoms with Crippen molar-refractivity contribution in [1.29, 1.82) is 0 Å². The molecule has 0 radical (unpaired) electrons. The van der Waals surface area contributed by atoms with Crippen LogP contribution in [0.15, 0.2) is 29.6 Å². The largest absolute Gasteiger partial charge is 0.456 e. The Balaban J connectivity index is 2.06. The lowest BCUT2D eigenvalue weighted by Crippen LogP contribution is -2.12. The molecule has 2 rings (SSSR count). The Morgan fingerprint density at radius 2 is 2.05 bits per heavy atom. The van der Waals surface area contributed by atoms with E-state index in [0.717, 1.165) is 17.4 Å². The van der Waals surface area contributed by atoms with E-state index in [1.165, 1.54) is 12.1 Å². The van der Waals surface area contributed by atoms with Crippen molar-refractivity contribution in [2.24, 2.45) is 5.73 Å². The highest BCUT2D eigenvalue weighted by Crippen LogP contribution is 2.20. The lowest BCUT2D eigenvalue weighted by molar-refractivity contribution is 0.0475. The van der Waals surface area contributed by atoms with Crippen molar-refractivity contribution >= 4 is 28.9 Å². The Hall–Kier alpha value is -2.41. The maximum absolute atomic E-state index is 13.7. The van der Waals surface area contributed by atoms with E-state index in [-0.39, 0.29) is 22.6 Å². The van der Waals surface area contributed by atoms with E-state index in [4.69, 9.17) is 16.2 Å². The zero-order chi connectivity index (χ0) is 14.7. The molecule has 5 nitrogen and oxygen atoms in total. The molecule has 1 aromatic carbocycles. The average molecular weight is 294 g/mol. The molecule has 0 bridgehead atoms. The molecule has 1 amide bonds. The Kier molecular flexibility index (Phi) is 3.99. The number of thiophene rings is 1. The number of primary amides is 1. The quantitative estimate of drug-likeness (QED) is 0.842. The van der Waals surface area contributed by atoms with Crippen molar-refractivity contribution < 1.29 is 18.7 Å². The number of halogens is 1. The average Bonchev–Trinajstić information content (AvgIpc) is 2.83. The number of anilines is 1. The maximum atomic E-state index is 13.7. The molecule has 7 heteroatoms. The van der Waals surface area contributed by atoms with Gasteiger partial charge in [-0.2, -0.15) is 0 Å². The zero-order valence-electron chi connectivity index (χ0n) is 10.3. The van der Waals surface area contributed by atoms with Crippen LogP contribution in [-0.2, 0) is 11.3 Å². The summed E-state index contributed by atoms with van der Waals surface area (Å²) in [6.07, 6.45) is 0. The molecule has 4 N–H and O–H groups in total. The van der Waals surface area contributed by atoms with Crippen molar-refractivity contribution in [3.8, 4) is 0 Å². The number of hydrogen-bond acceptors (Lipinski definition) is 5. The van der Waals surface area contributed by atoms with Gasteiger partial charge in [0, 0.05) is 11.1 Å². The van der Waals surface area contributed by atoms with Crippen LogP contribution < -0.4 is 11.5 Å². The second-order valence-electron chi connectivity index (χ2n) is 3.95. The molecule has 1 aromatic heterocycles. The monoisotopic (exact) mass is 294 g/mol. The van der Waals surface area contributed by atoms with Crippen LogP contribution in [0.25, 0.3) is 0 Å². The lowest BCUT2D eigenvalue weighted by atomic mass is 10.1. The van der Waals surface area contributed by atoms with Crippen LogP contribution in [0.3, 0.4) is 0 Å². The number of carbonyl (C=O) groups excluding carboxylic acids is 2. The number of rotatable bonds is 4. The van der Waals surface area contributed by atoms with Gasteiger partial charge in [-0.05, 0) is 23.6 Å². The van der Waals surface area contributed by atoms with Crippen LogP contribution in [0.5, 0.6) is 0 Å². The van der Waals surface area contributed by atoms with E-state index < -0.39 is 17.7 Å². The van der Waals surface area contributed by atoms with Crippen LogP contribution in [0.2, 0.25) is 0 Å². The van der Waals surface area contributed by atoms with Gasteiger partial charge in [-0.25, -0.2) is 9.18 Å². The second-order valence-corrected chi connectivity index (χ2v) is 4.87. The first kappa shape index (κ1) is 14.0.